The Hall–Kier alpha value is -3.58. The molecule has 0 unspecified atom stereocenters. The highest BCUT2D eigenvalue weighted by Gasteiger charge is 2.18. The van der Waals surface area contributed by atoms with Gasteiger partial charge in [-0.25, -0.2) is 4.98 Å². The fourth-order valence-corrected chi connectivity index (χ4v) is 3.39. The van der Waals surface area contributed by atoms with Crippen LogP contribution in [0.2, 0.25) is 0 Å². The monoisotopic (exact) mass is 434 g/mol. The normalized spacial score (nSPS) is 13.4. The molecule has 1 aliphatic heterocycles. The van der Waals surface area contributed by atoms with Crippen molar-refractivity contribution in [3.05, 3.63) is 51.0 Å². The number of carbonyl (C=O) groups is 3. The second-order valence-electron chi connectivity index (χ2n) is 6.11. The van der Waals surface area contributed by atoms with E-state index in [1.807, 2.05) is 4.90 Å². The summed E-state index contributed by atoms with van der Waals surface area (Å²) < 4.78 is 5.27. The number of amides is 3. The number of thiazole rings is 1. The first kappa shape index (κ1) is 21.1. The fraction of sp³-hybridized carbons (Fsp3) is 0.294. The van der Waals surface area contributed by atoms with Crippen LogP contribution in [0.4, 0.5) is 10.8 Å². The molecule has 0 atom stereocenters. The van der Waals surface area contributed by atoms with Crippen LogP contribution in [0.1, 0.15) is 20.8 Å². The van der Waals surface area contributed by atoms with E-state index in [0.717, 1.165) is 6.07 Å². The number of aromatic nitrogens is 1. The van der Waals surface area contributed by atoms with Gasteiger partial charge in [0.25, 0.3) is 23.4 Å². The molecule has 3 rings (SSSR count). The predicted octanol–water partition coefficient (Wildman–Crippen LogP) is 0.0789. The molecule has 1 saturated heterocycles. The molecule has 2 heterocycles. The quantitative estimate of drug-likeness (QED) is 0.426. The molecule has 158 valence electrons. The van der Waals surface area contributed by atoms with Crippen molar-refractivity contribution in [1.29, 1.82) is 0 Å². The summed E-state index contributed by atoms with van der Waals surface area (Å²) in [6.07, 6.45) is 0. The third kappa shape index (κ3) is 5.48. The standard InChI is InChI=1S/C17H18N6O6S/c24-14(9-18-15(25)11-2-1-3-12(8-11)23(27)28)20-21-16(26)13-10-30-17(19-13)22-4-6-29-7-5-22/h1-3,8,10H,4-7,9H2,(H,18,25)(H,20,24)(H,21,26). The molecule has 13 heteroatoms. The number of rotatable bonds is 6. The van der Waals surface area contributed by atoms with Crippen molar-refractivity contribution >= 4 is 39.9 Å². The van der Waals surface area contributed by atoms with Crippen LogP contribution in [0.3, 0.4) is 0 Å². The second kappa shape index (κ2) is 9.76. The van der Waals surface area contributed by atoms with Crippen molar-refractivity contribution in [2.75, 3.05) is 37.7 Å². The van der Waals surface area contributed by atoms with Gasteiger partial charge in [0.1, 0.15) is 5.69 Å². The SMILES string of the molecule is O=C(CNC(=O)c1cccc([N+](=O)[O-])c1)NNC(=O)c1csc(N2CCOCC2)n1. The van der Waals surface area contributed by atoms with Gasteiger partial charge in [-0.15, -0.1) is 11.3 Å². The summed E-state index contributed by atoms with van der Waals surface area (Å²) in [6, 6.07) is 5.11. The number of nitro benzene ring substituents is 1. The Morgan fingerprint density at radius 1 is 1.20 bits per heavy atom. The average Bonchev–Trinajstić information content (AvgIpc) is 3.27. The summed E-state index contributed by atoms with van der Waals surface area (Å²) in [4.78, 5) is 52.4. The zero-order valence-corrected chi connectivity index (χ0v) is 16.4. The molecule has 1 fully saturated rings. The maximum absolute atomic E-state index is 12.1. The molecule has 0 spiro atoms. The summed E-state index contributed by atoms with van der Waals surface area (Å²) in [5.74, 6) is -1.93. The van der Waals surface area contributed by atoms with Gasteiger partial charge in [-0.2, -0.15) is 0 Å². The van der Waals surface area contributed by atoms with Gasteiger partial charge in [-0.05, 0) is 6.07 Å². The molecule has 1 aromatic heterocycles. The Morgan fingerprint density at radius 3 is 2.70 bits per heavy atom. The summed E-state index contributed by atoms with van der Waals surface area (Å²) in [6.45, 7) is 2.14. The highest BCUT2D eigenvalue weighted by molar-refractivity contribution is 7.13. The van der Waals surface area contributed by atoms with E-state index in [1.54, 1.807) is 5.38 Å². The number of morpholine rings is 1. The molecule has 3 amide bonds. The number of non-ortho nitro benzene ring substituents is 1. The topological polar surface area (TPSA) is 156 Å². The van der Waals surface area contributed by atoms with E-state index in [9.17, 15) is 24.5 Å². The molecule has 30 heavy (non-hydrogen) atoms. The van der Waals surface area contributed by atoms with Crippen LogP contribution in [-0.4, -0.2) is 60.5 Å². The molecule has 1 aromatic carbocycles. The summed E-state index contributed by atoms with van der Waals surface area (Å²) in [5.41, 5.74) is 4.36. The lowest BCUT2D eigenvalue weighted by Gasteiger charge is -2.25. The molecule has 0 aliphatic carbocycles. The minimum absolute atomic E-state index is 0.0409. The van der Waals surface area contributed by atoms with Gasteiger partial charge >= 0.3 is 0 Å². The Kier molecular flexibility index (Phi) is 6.87. The molecular formula is C17H18N6O6S. The van der Waals surface area contributed by atoms with Crippen LogP contribution < -0.4 is 21.1 Å². The number of ether oxygens (including phenoxy) is 1. The molecule has 0 saturated carbocycles. The minimum Gasteiger partial charge on any atom is -0.378 e. The summed E-state index contributed by atoms with van der Waals surface area (Å²) >= 11 is 1.31. The first-order chi connectivity index (χ1) is 14.4. The van der Waals surface area contributed by atoms with Crippen LogP contribution in [0.15, 0.2) is 29.6 Å². The third-order valence-corrected chi connectivity index (χ3v) is 4.95. The molecule has 1 aliphatic rings. The van der Waals surface area contributed by atoms with Crippen molar-refractivity contribution < 1.29 is 24.0 Å². The molecule has 0 bridgehead atoms. The molecular weight excluding hydrogens is 416 g/mol. The van der Waals surface area contributed by atoms with Gasteiger partial charge in [0.15, 0.2) is 5.13 Å². The number of hydrazine groups is 1. The van der Waals surface area contributed by atoms with Crippen molar-refractivity contribution in [1.82, 2.24) is 21.2 Å². The number of nitro groups is 1. The number of nitrogens with zero attached hydrogens (tertiary/aromatic N) is 3. The lowest BCUT2D eigenvalue weighted by Crippen LogP contribution is -2.46. The summed E-state index contributed by atoms with van der Waals surface area (Å²) in [5, 5.41) is 15.3. The van der Waals surface area contributed by atoms with Crippen LogP contribution in [0.25, 0.3) is 0 Å². The Labute approximate surface area is 174 Å². The van der Waals surface area contributed by atoms with Crippen LogP contribution in [0, 0.1) is 10.1 Å². The highest BCUT2D eigenvalue weighted by Crippen LogP contribution is 2.21. The predicted molar refractivity (Wildman–Crippen MR) is 106 cm³/mol. The van der Waals surface area contributed by atoms with Crippen LogP contribution >= 0.6 is 11.3 Å². The maximum Gasteiger partial charge on any atom is 0.289 e. The number of nitrogens with one attached hydrogen (secondary N) is 3. The number of benzene rings is 1. The first-order valence-corrected chi connectivity index (χ1v) is 9.72. The van der Waals surface area contributed by atoms with E-state index >= 15 is 0 Å². The van der Waals surface area contributed by atoms with Gasteiger partial charge in [-0.1, -0.05) is 6.07 Å². The maximum atomic E-state index is 12.1. The molecule has 3 N–H and O–H groups in total. The molecule has 0 radical (unpaired) electrons. The van der Waals surface area contributed by atoms with Gasteiger partial charge in [0.2, 0.25) is 0 Å². The van der Waals surface area contributed by atoms with Crippen molar-refractivity contribution in [3.8, 4) is 0 Å². The lowest BCUT2D eigenvalue weighted by molar-refractivity contribution is -0.384. The van der Waals surface area contributed by atoms with Crippen molar-refractivity contribution in [2.24, 2.45) is 0 Å². The van der Waals surface area contributed by atoms with Gasteiger partial charge in [0.05, 0.1) is 24.7 Å². The van der Waals surface area contributed by atoms with E-state index in [2.05, 4.69) is 21.2 Å². The highest BCUT2D eigenvalue weighted by atomic mass is 32.1. The van der Waals surface area contributed by atoms with E-state index in [1.165, 1.54) is 29.5 Å². The lowest BCUT2D eigenvalue weighted by atomic mass is 10.2. The van der Waals surface area contributed by atoms with Crippen molar-refractivity contribution in [3.63, 3.8) is 0 Å². The van der Waals surface area contributed by atoms with Crippen molar-refractivity contribution in [2.45, 2.75) is 0 Å². The van der Waals surface area contributed by atoms with Gasteiger partial charge in [-0.3, -0.25) is 35.3 Å². The Balaban J connectivity index is 1.44. The van der Waals surface area contributed by atoms with E-state index in [4.69, 9.17) is 4.74 Å². The number of hydrogen-bond donors (Lipinski definition) is 3. The zero-order valence-electron chi connectivity index (χ0n) is 15.6. The average molecular weight is 434 g/mol. The Morgan fingerprint density at radius 2 is 1.97 bits per heavy atom. The Bertz CT molecular complexity index is 958. The van der Waals surface area contributed by atoms with Gasteiger partial charge < -0.3 is 15.0 Å². The fourth-order valence-electron chi connectivity index (χ4n) is 2.53. The second-order valence-corrected chi connectivity index (χ2v) is 6.94. The number of hydrogen-bond acceptors (Lipinski definition) is 9. The smallest absolute Gasteiger partial charge is 0.289 e. The van der Waals surface area contributed by atoms with E-state index < -0.39 is 29.2 Å². The van der Waals surface area contributed by atoms with E-state index in [0.29, 0.717) is 31.4 Å². The first-order valence-electron chi connectivity index (χ1n) is 8.84. The zero-order chi connectivity index (χ0) is 21.5. The number of carbonyl (C=O) groups excluding carboxylic acids is 3. The van der Waals surface area contributed by atoms with Crippen LogP contribution in [-0.2, 0) is 9.53 Å². The van der Waals surface area contributed by atoms with Crippen LogP contribution in [0.5, 0.6) is 0 Å². The number of anilines is 1. The van der Waals surface area contributed by atoms with Gasteiger partial charge in [0, 0.05) is 36.2 Å². The molecule has 12 nitrogen and oxygen atoms in total. The third-order valence-electron chi connectivity index (χ3n) is 4.05. The minimum atomic E-state index is -0.675. The summed E-state index contributed by atoms with van der Waals surface area (Å²) in [7, 11) is 0. The van der Waals surface area contributed by atoms with E-state index in [-0.39, 0.29) is 16.9 Å². The molecule has 2 aromatic rings. The largest absolute Gasteiger partial charge is 0.378 e.